The van der Waals surface area contributed by atoms with Crippen LogP contribution in [0.25, 0.3) is 0 Å². The summed E-state index contributed by atoms with van der Waals surface area (Å²) >= 11 is 0. The van der Waals surface area contributed by atoms with Gasteiger partial charge >= 0.3 is 23.9 Å². The summed E-state index contributed by atoms with van der Waals surface area (Å²) in [5.74, 6) is -6.09. The van der Waals surface area contributed by atoms with E-state index in [4.69, 9.17) is 20.4 Å². The number of rotatable bonds is 29. The van der Waals surface area contributed by atoms with Gasteiger partial charge in [-0.3, -0.25) is 19.2 Å². The van der Waals surface area contributed by atoms with E-state index in [0.717, 1.165) is 38.5 Å². The summed E-state index contributed by atoms with van der Waals surface area (Å²) in [7, 11) is 0. The molecule has 8 heteroatoms. The molecule has 8 nitrogen and oxygen atoms in total. The van der Waals surface area contributed by atoms with Crippen molar-refractivity contribution in [1.82, 2.24) is 0 Å². The Kier molecular flexibility index (Phi) is 31.9. The Labute approximate surface area is 261 Å². The molecule has 0 rings (SSSR count). The number of aliphatic carboxylic acids is 4. The van der Waals surface area contributed by atoms with E-state index in [-0.39, 0.29) is 12.8 Å². The van der Waals surface area contributed by atoms with Gasteiger partial charge < -0.3 is 20.4 Å². The van der Waals surface area contributed by atoms with Crippen LogP contribution in [0.15, 0.2) is 24.3 Å². The minimum absolute atomic E-state index is 0.343. The fourth-order valence-electron chi connectivity index (χ4n) is 4.70. The van der Waals surface area contributed by atoms with E-state index < -0.39 is 35.7 Å². The topological polar surface area (TPSA) is 149 Å². The van der Waals surface area contributed by atoms with Crippen molar-refractivity contribution in [3.05, 3.63) is 24.3 Å². The quantitative estimate of drug-likeness (QED) is 0.0483. The predicted molar refractivity (Wildman–Crippen MR) is 173 cm³/mol. The molecule has 0 aliphatic rings. The van der Waals surface area contributed by atoms with Crippen LogP contribution in [-0.4, -0.2) is 44.3 Å². The number of carboxylic acid groups (broad SMARTS) is 4. The molecule has 0 bridgehead atoms. The summed E-state index contributed by atoms with van der Waals surface area (Å²) in [6.07, 6.45) is 31.8. The van der Waals surface area contributed by atoms with Crippen LogP contribution in [0.3, 0.4) is 0 Å². The smallest absolute Gasteiger partial charge is 0.310 e. The molecule has 0 spiro atoms. The van der Waals surface area contributed by atoms with Crippen LogP contribution in [0.5, 0.6) is 0 Å². The summed E-state index contributed by atoms with van der Waals surface area (Å²) in [6.45, 7) is 4.45. The molecular formula is C35H62O8. The minimum atomic E-state index is -1.07. The third kappa shape index (κ3) is 33.7. The summed E-state index contributed by atoms with van der Waals surface area (Å²) in [5, 5.41) is 35.0. The number of hydrogen-bond acceptors (Lipinski definition) is 4. The first kappa shape index (κ1) is 42.5. The number of allylic oxidation sites excluding steroid dienone is 2. The highest BCUT2D eigenvalue weighted by molar-refractivity contribution is 5.79. The number of unbranched alkanes of at least 4 members (excludes halogenated alkanes) is 19. The van der Waals surface area contributed by atoms with Crippen LogP contribution in [-0.2, 0) is 19.2 Å². The van der Waals surface area contributed by atoms with Gasteiger partial charge in [0.2, 0.25) is 0 Å². The number of carboxylic acids is 4. The van der Waals surface area contributed by atoms with Gasteiger partial charge in [0.05, 0.1) is 24.7 Å². The molecule has 0 radical (unpaired) electrons. The van der Waals surface area contributed by atoms with Gasteiger partial charge in [-0.25, -0.2) is 0 Å². The first-order valence-corrected chi connectivity index (χ1v) is 16.9. The molecule has 4 N–H and O–H groups in total. The predicted octanol–water partition coefficient (Wildman–Crippen LogP) is 9.67. The maximum Gasteiger partial charge on any atom is 0.310 e. The molecule has 43 heavy (non-hydrogen) atoms. The van der Waals surface area contributed by atoms with Crippen molar-refractivity contribution < 1.29 is 39.6 Å². The second-order valence-corrected chi connectivity index (χ2v) is 11.5. The maximum atomic E-state index is 10.9. The highest BCUT2D eigenvalue weighted by Crippen LogP contribution is 2.14. The third-order valence-corrected chi connectivity index (χ3v) is 7.36. The van der Waals surface area contributed by atoms with Crippen LogP contribution in [0.2, 0.25) is 0 Å². The van der Waals surface area contributed by atoms with Crippen molar-refractivity contribution in [2.45, 2.75) is 162 Å². The molecule has 0 amide bonds. The molecule has 0 saturated carbocycles. The highest BCUT2D eigenvalue weighted by Gasteiger charge is 2.18. The Hall–Kier alpha value is -2.64. The Balaban J connectivity index is 0. The van der Waals surface area contributed by atoms with Crippen molar-refractivity contribution in [2.75, 3.05) is 0 Å². The normalized spacial score (nSPS) is 12.6. The molecule has 0 fully saturated rings. The number of hydrogen-bond donors (Lipinski definition) is 4. The van der Waals surface area contributed by atoms with Gasteiger partial charge in [-0.05, 0) is 25.7 Å². The summed E-state index contributed by atoms with van der Waals surface area (Å²) < 4.78 is 0. The lowest BCUT2D eigenvalue weighted by Gasteiger charge is -2.03. The zero-order valence-electron chi connectivity index (χ0n) is 27.1. The molecule has 0 heterocycles. The van der Waals surface area contributed by atoms with Gasteiger partial charge in [-0.2, -0.15) is 0 Å². The standard InChI is InChI=1S/C19H34O4.C16H28O4/c1-2-3-4-5-6-7-8-9-10-11-12-13-14-15-17(19(22)23)16-18(20)21;1-2-3-4-5-6-7-8-9-10-11-12-14(16(19)20)13-15(17)18/h14-15,17H,2-13,16H2,1H3,(H,20,21)(H,22,23);11-12,14H,2-10,13H2,1H3,(H,17,18)(H,19,20)/b15-14+;12-11+. The summed E-state index contributed by atoms with van der Waals surface area (Å²) in [5.41, 5.74) is 0. The average Bonchev–Trinajstić information content (AvgIpc) is 2.95. The Morgan fingerprint density at radius 2 is 0.698 bits per heavy atom. The maximum absolute atomic E-state index is 10.9. The number of carbonyl (C=O) groups is 4. The van der Waals surface area contributed by atoms with Gasteiger partial charge in [-0.1, -0.05) is 147 Å². The summed E-state index contributed by atoms with van der Waals surface area (Å²) in [4.78, 5) is 42.7. The molecule has 0 saturated heterocycles. The van der Waals surface area contributed by atoms with E-state index in [1.165, 1.54) is 108 Å². The fourth-order valence-corrected chi connectivity index (χ4v) is 4.70. The minimum Gasteiger partial charge on any atom is -0.481 e. The molecule has 2 atom stereocenters. The van der Waals surface area contributed by atoms with Crippen molar-refractivity contribution in [1.29, 1.82) is 0 Å². The molecule has 0 aliphatic carbocycles. The zero-order chi connectivity index (χ0) is 32.6. The van der Waals surface area contributed by atoms with E-state index in [2.05, 4.69) is 13.8 Å². The van der Waals surface area contributed by atoms with Crippen molar-refractivity contribution in [2.24, 2.45) is 11.8 Å². The van der Waals surface area contributed by atoms with Gasteiger partial charge in [0, 0.05) is 0 Å². The molecule has 0 aromatic heterocycles. The lowest BCUT2D eigenvalue weighted by Crippen LogP contribution is -2.15. The third-order valence-electron chi connectivity index (χ3n) is 7.36. The van der Waals surface area contributed by atoms with E-state index in [1.807, 2.05) is 6.08 Å². The lowest BCUT2D eigenvalue weighted by atomic mass is 10.0. The van der Waals surface area contributed by atoms with Gasteiger partial charge in [-0.15, -0.1) is 0 Å². The zero-order valence-corrected chi connectivity index (χ0v) is 27.1. The second-order valence-electron chi connectivity index (χ2n) is 11.5. The first-order chi connectivity index (χ1) is 20.6. The first-order valence-electron chi connectivity index (χ1n) is 16.9. The lowest BCUT2D eigenvalue weighted by molar-refractivity contribution is -0.146. The SMILES string of the molecule is CCCCCCCCCC/C=C/C(CC(=O)O)C(=O)O.CCCCCCCCCCCCC/C=C/C(CC(=O)O)C(=O)O. The van der Waals surface area contributed by atoms with Gasteiger partial charge in [0.15, 0.2) is 0 Å². The van der Waals surface area contributed by atoms with Crippen LogP contribution in [0.1, 0.15) is 162 Å². The van der Waals surface area contributed by atoms with Gasteiger partial charge in [0.25, 0.3) is 0 Å². The van der Waals surface area contributed by atoms with Crippen molar-refractivity contribution in [3.63, 3.8) is 0 Å². The molecule has 250 valence electrons. The Morgan fingerprint density at radius 3 is 0.930 bits per heavy atom. The largest absolute Gasteiger partial charge is 0.481 e. The van der Waals surface area contributed by atoms with Crippen LogP contribution < -0.4 is 0 Å². The highest BCUT2D eigenvalue weighted by atomic mass is 16.4. The molecule has 0 aromatic carbocycles. The monoisotopic (exact) mass is 610 g/mol. The Bertz CT molecular complexity index is 759. The molecule has 0 aliphatic heterocycles. The van der Waals surface area contributed by atoms with Crippen LogP contribution in [0.4, 0.5) is 0 Å². The van der Waals surface area contributed by atoms with E-state index in [0.29, 0.717) is 0 Å². The van der Waals surface area contributed by atoms with Crippen LogP contribution >= 0.6 is 0 Å². The average molecular weight is 611 g/mol. The summed E-state index contributed by atoms with van der Waals surface area (Å²) in [6, 6.07) is 0. The molecule has 2 unspecified atom stereocenters. The van der Waals surface area contributed by atoms with E-state index in [1.54, 1.807) is 6.08 Å². The van der Waals surface area contributed by atoms with E-state index in [9.17, 15) is 19.2 Å². The molecular weight excluding hydrogens is 548 g/mol. The van der Waals surface area contributed by atoms with Crippen LogP contribution in [0, 0.1) is 11.8 Å². The second kappa shape index (κ2) is 32.3. The fraction of sp³-hybridized carbons (Fsp3) is 0.771. The van der Waals surface area contributed by atoms with Gasteiger partial charge in [0.1, 0.15) is 0 Å². The van der Waals surface area contributed by atoms with Crippen molar-refractivity contribution >= 4 is 23.9 Å². The van der Waals surface area contributed by atoms with Crippen molar-refractivity contribution in [3.8, 4) is 0 Å². The molecule has 0 aromatic rings. The van der Waals surface area contributed by atoms with E-state index >= 15 is 0 Å². The Morgan fingerprint density at radius 1 is 0.442 bits per heavy atom.